The third-order valence-corrected chi connectivity index (χ3v) is 5.56. The van der Waals surface area contributed by atoms with Crippen LogP contribution < -0.4 is 5.32 Å². The van der Waals surface area contributed by atoms with Crippen molar-refractivity contribution in [2.75, 3.05) is 18.8 Å². The topological polar surface area (TPSA) is 129 Å². The molecule has 132 valence electrons. The highest BCUT2D eigenvalue weighted by Crippen LogP contribution is 2.18. The van der Waals surface area contributed by atoms with Gasteiger partial charge in [-0.05, 0) is 12.2 Å². The molecule has 3 heterocycles. The minimum atomic E-state index is -3.56. The van der Waals surface area contributed by atoms with E-state index in [9.17, 15) is 18.0 Å². The number of carbonyl (C=O) groups excluding carboxylic acids is 1. The SMILES string of the molecule is O=C(NCCc1nc(C(=O)O)cs1)C1=CC=CN2CCS(=O)(=O)N=C12. The second-order valence-electron chi connectivity index (χ2n) is 5.25. The molecule has 1 amide bonds. The molecule has 0 atom stereocenters. The first-order valence-corrected chi connectivity index (χ1v) is 9.79. The van der Waals surface area contributed by atoms with Crippen LogP contribution in [0.5, 0.6) is 0 Å². The molecule has 1 aromatic rings. The van der Waals surface area contributed by atoms with E-state index in [0.717, 1.165) is 0 Å². The van der Waals surface area contributed by atoms with Gasteiger partial charge in [-0.15, -0.1) is 15.7 Å². The van der Waals surface area contributed by atoms with Crippen molar-refractivity contribution in [1.82, 2.24) is 15.2 Å². The molecule has 0 bridgehead atoms. The van der Waals surface area contributed by atoms with Gasteiger partial charge in [-0.1, -0.05) is 0 Å². The number of carbonyl (C=O) groups is 2. The smallest absolute Gasteiger partial charge is 0.355 e. The summed E-state index contributed by atoms with van der Waals surface area (Å²) in [6.07, 6.45) is 5.22. The van der Waals surface area contributed by atoms with Crippen molar-refractivity contribution in [1.29, 1.82) is 0 Å². The first-order chi connectivity index (χ1) is 11.9. The fraction of sp³-hybridized carbons (Fsp3) is 0.286. The van der Waals surface area contributed by atoms with Crippen LogP contribution in [0, 0.1) is 0 Å². The lowest BCUT2D eigenvalue weighted by Gasteiger charge is -2.28. The maximum atomic E-state index is 12.3. The molecule has 0 aliphatic carbocycles. The van der Waals surface area contributed by atoms with Crippen molar-refractivity contribution < 1.29 is 23.1 Å². The molecule has 0 spiro atoms. The highest BCUT2D eigenvalue weighted by molar-refractivity contribution is 7.90. The highest BCUT2D eigenvalue weighted by Gasteiger charge is 2.29. The number of thiazole rings is 1. The van der Waals surface area contributed by atoms with Gasteiger partial charge in [0.1, 0.15) is 0 Å². The fourth-order valence-electron chi connectivity index (χ4n) is 2.30. The summed E-state index contributed by atoms with van der Waals surface area (Å²) in [6, 6.07) is 0. The summed E-state index contributed by atoms with van der Waals surface area (Å²) in [4.78, 5) is 28.7. The standard InChI is InChI=1S/C14H14N4O5S2/c19-13(15-4-3-11-16-10(8-24-11)14(20)21)9-2-1-5-18-6-7-25(22,23)17-12(9)18/h1-2,5,8H,3-4,6-7H2,(H,15,19)(H,20,21). The first kappa shape index (κ1) is 17.3. The van der Waals surface area contributed by atoms with E-state index in [1.807, 2.05) is 0 Å². The number of nitrogens with zero attached hydrogens (tertiary/aromatic N) is 3. The van der Waals surface area contributed by atoms with Crippen LogP contribution in [0.4, 0.5) is 0 Å². The van der Waals surface area contributed by atoms with Crippen LogP contribution in [0.15, 0.2) is 33.7 Å². The van der Waals surface area contributed by atoms with Crippen LogP contribution in [-0.4, -0.2) is 60.0 Å². The second-order valence-corrected chi connectivity index (χ2v) is 7.95. The molecule has 0 aromatic carbocycles. The maximum absolute atomic E-state index is 12.3. The van der Waals surface area contributed by atoms with Crippen molar-refractivity contribution in [2.24, 2.45) is 4.40 Å². The van der Waals surface area contributed by atoms with Gasteiger partial charge in [-0.25, -0.2) is 18.2 Å². The summed E-state index contributed by atoms with van der Waals surface area (Å²) >= 11 is 1.20. The molecule has 9 nitrogen and oxygen atoms in total. The lowest BCUT2D eigenvalue weighted by Crippen LogP contribution is -2.42. The zero-order valence-corrected chi connectivity index (χ0v) is 14.5. The van der Waals surface area contributed by atoms with Gasteiger partial charge in [0, 0.05) is 31.1 Å². The van der Waals surface area contributed by atoms with Gasteiger partial charge in [0.2, 0.25) is 0 Å². The van der Waals surface area contributed by atoms with Gasteiger partial charge >= 0.3 is 5.97 Å². The van der Waals surface area contributed by atoms with E-state index in [-0.39, 0.29) is 35.9 Å². The van der Waals surface area contributed by atoms with Crippen molar-refractivity contribution in [3.63, 3.8) is 0 Å². The van der Waals surface area contributed by atoms with Crippen LogP contribution in [0.3, 0.4) is 0 Å². The maximum Gasteiger partial charge on any atom is 0.355 e. The summed E-state index contributed by atoms with van der Waals surface area (Å²) < 4.78 is 27.0. The van der Waals surface area contributed by atoms with Crippen molar-refractivity contribution in [3.8, 4) is 0 Å². The Balaban J connectivity index is 1.64. The quantitative estimate of drug-likeness (QED) is 0.733. The summed E-state index contributed by atoms with van der Waals surface area (Å²) in [5.74, 6) is -1.51. The number of rotatable bonds is 5. The number of fused-ring (bicyclic) bond motifs is 1. The van der Waals surface area contributed by atoms with Gasteiger partial charge in [0.15, 0.2) is 11.5 Å². The Kier molecular flexibility index (Phi) is 4.68. The van der Waals surface area contributed by atoms with E-state index < -0.39 is 21.9 Å². The zero-order valence-electron chi connectivity index (χ0n) is 12.9. The fourth-order valence-corrected chi connectivity index (χ4v) is 4.05. The van der Waals surface area contributed by atoms with Crippen LogP contribution >= 0.6 is 11.3 Å². The van der Waals surface area contributed by atoms with Crippen molar-refractivity contribution in [3.05, 3.63) is 40.0 Å². The van der Waals surface area contributed by atoms with Crippen molar-refractivity contribution >= 4 is 39.1 Å². The molecule has 1 aromatic heterocycles. The predicted molar refractivity (Wildman–Crippen MR) is 90.9 cm³/mol. The number of hydrogen-bond acceptors (Lipinski definition) is 7. The van der Waals surface area contributed by atoms with Crippen molar-refractivity contribution in [2.45, 2.75) is 6.42 Å². The number of sulfonamides is 1. The monoisotopic (exact) mass is 382 g/mol. The lowest BCUT2D eigenvalue weighted by molar-refractivity contribution is -0.117. The average Bonchev–Trinajstić information content (AvgIpc) is 3.02. The molecule has 0 saturated carbocycles. The van der Waals surface area contributed by atoms with Gasteiger partial charge < -0.3 is 15.3 Å². The second kappa shape index (κ2) is 6.76. The molecule has 0 fully saturated rings. The minimum Gasteiger partial charge on any atom is -0.476 e. The molecule has 11 heteroatoms. The largest absolute Gasteiger partial charge is 0.476 e. The van der Waals surface area contributed by atoms with Gasteiger partial charge in [-0.3, -0.25) is 4.79 Å². The molecule has 0 unspecified atom stereocenters. The predicted octanol–water partition coefficient (Wildman–Crippen LogP) is -0.00240. The van der Waals surface area contributed by atoms with E-state index in [1.165, 1.54) is 22.8 Å². The Bertz CT molecular complexity index is 913. The number of allylic oxidation sites excluding steroid dienone is 2. The van der Waals surface area contributed by atoms with E-state index in [1.54, 1.807) is 17.2 Å². The normalized spacial score (nSPS) is 18.2. The van der Waals surface area contributed by atoms with E-state index in [2.05, 4.69) is 14.7 Å². The summed E-state index contributed by atoms with van der Waals surface area (Å²) in [7, 11) is -3.56. The Morgan fingerprint density at radius 1 is 1.40 bits per heavy atom. The number of aromatic nitrogens is 1. The first-order valence-electron chi connectivity index (χ1n) is 7.30. The molecule has 0 saturated heterocycles. The molecule has 3 rings (SSSR count). The van der Waals surface area contributed by atoms with E-state index in [0.29, 0.717) is 11.4 Å². The number of carboxylic acid groups (broad SMARTS) is 1. The number of amidine groups is 1. The third-order valence-electron chi connectivity index (χ3n) is 3.50. The molecular weight excluding hydrogens is 368 g/mol. The molecule has 25 heavy (non-hydrogen) atoms. The molecule has 2 N–H and O–H groups in total. The van der Waals surface area contributed by atoms with Crippen LogP contribution in [-0.2, 0) is 21.2 Å². The van der Waals surface area contributed by atoms with Crippen LogP contribution in [0.1, 0.15) is 15.5 Å². The Labute approximate surface area is 147 Å². The number of amides is 1. The molecule has 2 aliphatic rings. The summed E-state index contributed by atoms with van der Waals surface area (Å²) in [6.45, 7) is 0.492. The third kappa shape index (κ3) is 3.94. The highest BCUT2D eigenvalue weighted by atomic mass is 32.2. The molecular formula is C14H14N4O5S2. The van der Waals surface area contributed by atoms with Gasteiger partial charge in [0.05, 0.1) is 16.3 Å². The van der Waals surface area contributed by atoms with E-state index in [4.69, 9.17) is 5.11 Å². The Hall–Kier alpha value is -2.53. The summed E-state index contributed by atoms with van der Waals surface area (Å²) in [5.41, 5.74) is 0.153. The van der Waals surface area contributed by atoms with E-state index >= 15 is 0 Å². The average molecular weight is 382 g/mol. The number of nitrogens with one attached hydrogen (secondary N) is 1. The van der Waals surface area contributed by atoms with Gasteiger partial charge in [0.25, 0.3) is 15.9 Å². The zero-order chi connectivity index (χ0) is 18.0. The Morgan fingerprint density at radius 2 is 2.20 bits per heavy atom. The van der Waals surface area contributed by atoms with Crippen LogP contribution in [0.2, 0.25) is 0 Å². The summed E-state index contributed by atoms with van der Waals surface area (Å²) in [5, 5.41) is 13.5. The number of aromatic carboxylic acids is 1. The molecule has 0 radical (unpaired) electrons. The number of hydrogen-bond donors (Lipinski definition) is 2. The minimum absolute atomic E-state index is 0.0242. The number of carboxylic acids is 1. The van der Waals surface area contributed by atoms with Crippen LogP contribution in [0.25, 0.3) is 0 Å². The Morgan fingerprint density at radius 3 is 2.92 bits per heavy atom. The molecule has 2 aliphatic heterocycles. The lowest BCUT2D eigenvalue weighted by atomic mass is 10.1. The van der Waals surface area contributed by atoms with Gasteiger partial charge in [-0.2, -0.15) is 0 Å².